The predicted molar refractivity (Wildman–Crippen MR) is 119 cm³/mol. The average molecular weight is 449 g/mol. The Labute approximate surface area is 190 Å². The van der Waals surface area contributed by atoms with Crippen molar-refractivity contribution in [2.24, 2.45) is 0 Å². The quantitative estimate of drug-likeness (QED) is 0.626. The zero-order chi connectivity index (χ0) is 23.2. The number of aromatic hydroxyl groups is 1. The van der Waals surface area contributed by atoms with Gasteiger partial charge in [-0.1, -0.05) is 6.42 Å². The molecule has 4 heterocycles. The smallest absolute Gasteiger partial charge is 0.198 e. The summed E-state index contributed by atoms with van der Waals surface area (Å²) < 4.78 is 14.9. The minimum absolute atomic E-state index is 0.0936. The third kappa shape index (κ3) is 4.00. The van der Waals surface area contributed by atoms with E-state index in [9.17, 15) is 9.50 Å². The molecular weight excluding hydrogens is 423 g/mol. The van der Waals surface area contributed by atoms with Crippen LogP contribution in [0.1, 0.15) is 44.7 Å². The zero-order valence-electron chi connectivity index (χ0n) is 18.5. The van der Waals surface area contributed by atoms with E-state index in [2.05, 4.69) is 37.4 Å². The van der Waals surface area contributed by atoms with Crippen LogP contribution in [0.3, 0.4) is 0 Å². The molecular formula is C23H25FN8O. The van der Waals surface area contributed by atoms with Gasteiger partial charge in [0.25, 0.3) is 0 Å². The molecule has 2 saturated heterocycles. The maximum Gasteiger partial charge on any atom is 0.198 e. The molecule has 0 radical (unpaired) electrons. The Morgan fingerprint density at radius 3 is 2.88 bits per heavy atom. The number of aromatic nitrogens is 5. The van der Waals surface area contributed by atoms with E-state index in [4.69, 9.17) is 5.26 Å². The molecule has 3 atom stereocenters. The van der Waals surface area contributed by atoms with Crippen LogP contribution in [-0.2, 0) is 0 Å². The molecule has 0 amide bonds. The first-order valence-electron chi connectivity index (χ1n) is 11.0. The fourth-order valence-corrected chi connectivity index (χ4v) is 5.09. The molecule has 0 aliphatic carbocycles. The lowest BCUT2D eigenvalue weighted by molar-refractivity contribution is 0.140. The van der Waals surface area contributed by atoms with Crippen LogP contribution >= 0.6 is 0 Å². The standard InChI is InChI=1S/C23H25FN8O/c1-23-7-3-4-14(27-23)8-16(10-23)31(2)21-12-26-22(29-28-21)17-6-5-15(9-20(17)33)32-13-18(24)19(11-25)30-32/h5-6,9,12-14,16,27,33H,3-4,7-8,10H2,1-2H3/t14-,16-,23+/m0/s1. The third-order valence-electron chi connectivity index (χ3n) is 6.80. The molecule has 170 valence electrons. The van der Waals surface area contributed by atoms with Crippen molar-refractivity contribution < 1.29 is 9.50 Å². The number of rotatable bonds is 4. The summed E-state index contributed by atoms with van der Waals surface area (Å²) >= 11 is 0. The lowest BCUT2D eigenvalue weighted by Gasteiger charge is -2.49. The summed E-state index contributed by atoms with van der Waals surface area (Å²) in [5.41, 5.74) is 0.667. The number of nitrogens with zero attached hydrogens (tertiary/aromatic N) is 7. The molecule has 2 N–H and O–H groups in total. The van der Waals surface area contributed by atoms with Gasteiger partial charge in [-0.2, -0.15) is 10.4 Å². The van der Waals surface area contributed by atoms with E-state index in [1.165, 1.54) is 30.0 Å². The molecule has 0 spiro atoms. The topological polar surface area (TPSA) is 116 Å². The summed E-state index contributed by atoms with van der Waals surface area (Å²) in [5, 5.41) is 35.7. The van der Waals surface area contributed by atoms with Crippen LogP contribution in [0.15, 0.2) is 30.6 Å². The van der Waals surface area contributed by atoms with Crippen LogP contribution in [0.2, 0.25) is 0 Å². The number of hydrogen-bond acceptors (Lipinski definition) is 8. The van der Waals surface area contributed by atoms with E-state index >= 15 is 0 Å². The molecule has 0 unspecified atom stereocenters. The number of benzene rings is 1. The molecule has 0 saturated carbocycles. The Hall–Kier alpha value is -3.58. The number of fused-ring (bicyclic) bond motifs is 2. The molecule has 2 bridgehead atoms. The normalized spacial score (nSPS) is 24.3. The Morgan fingerprint density at radius 2 is 2.21 bits per heavy atom. The summed E-state index contributed by atoms with van der Waals surface area (Å²) in [7, 11) is 2.03. The fraction of sp³-hybridized carbons (Fsp3) is 0.435. The van der Waals surface area contributed by atoms with Crippen molar-refractivity contribution in [3.8, 4) is 28.9 Å². The van der Waals surface area contributed by atoms with Crippen molar-refractivity contribution in [2.75, 3.05) is 11.9 Å². The number of piperidine rings is 2. The predicted octanol–water partition coefficient (Wildman–Crippen LogP) is 2.94. The summed E-state index contributed by atoms with van der Waals surface area (Å²) in [6.45, 7) is 2.30. The molecule has 9 nitrogen and oxygen atoms in total. The summed E-state index contributed by atoms with van der Waals surface area (Å²) in [6.07, 6.45) is 8.56. The van der Waals surface area contributed by atoms with E-state index < -0.39 is 5.82 Å². The molecule has 2 fully saturated rings. The summed E-state index contributed by atoms with van der Waals surface area (Å²) in [4.78, 5) is 6.59. The van der Waals surface area contributed by atoms with Gasteiger partial charge in [0.15, 0.2) is 23.2 Å². The van der Waals surface area contributed by atoms with Gasteiger partial charge < -0.3 is 15.3 Å². The van der Waals surface area contributed by atoms with Gasteiger partial charge in [0.2, 0.25) is 0 Å². The second-order valence-corrected chi connectivity index (χ2v) is 9.22. The van der Waals surface area contributed by atoms with E-state index in [1.54, 1.807) is 24.4 Å². The highest BCUT2D eigenvalue weighted by atomic mass is 19.1. The highest BCUT2D eigenvalue weighted by molar-refractivity contribution is 5.66. The number of phenolic OH excluding ortho intramolecular Hbond substituents is 1. The maximum atomic E-state index is 13.7. The van der Waals surface area contributed by atoms with Gasteiger partial charge in [-0.05, 0) is 44.7 Å². The monoisotopic (exact) mass is 448 g/mol. The minimum Gasteiger partial charge on any atom is -0.507 e. The SMILES string of the molecule is CN(c1cnc(-c2ccc(-n3cc(F)c(C#N)n3)cc2O)nn1)[C@H]1C[C@@H]2CCC[C@](C)(C1)N2. The van der Waals surface area contributed by atoms with Crippen molar-refractivity contribution in [1.82, 2.24) is 30.3 Å². The van der Waals surface area contributed by atoms with Crippen molar-refractivity contribution in [3.05, 3.63) is 42.1 Å². The van der Waals surface area contributed by atoms with E-state index in [0.29, 0.717) is 29.2 Å². The Morgan fingerprint density at radius 1 is 1.36 bits per heavy atom. The number of nitriles is 1. The summed E-state index contributed by atoms with van der Waals surface area (Å²) in [5.74, 6) is 0.165. The van der Waals surface area contributed by atoms with Gasteiger partial charge in [-0.15, -0.1) is 10.2 Å². The minimum atomic E-state index is -0.723. The van der Waals surface area contributed by atoms with E-state index in [-0.39, 0.29) is 22.8 Å². The number of phenols is 1. The van der Waals surface area contributed by atoms with Gasteiger partial charge in [0.05, 0.1) is 23.6 Å². The lowest BCUT2D eigenvalue weighted by atomic mass is 9.75. The van der Waals surface area contributed by atoms with Crippen LogP contribution in [0.25, 0.3) is 17.1 Å². The summed E-state index contributed by atoms with van der Waals surface area (Å²) in [6, 6.07) is 7.26. The number of halogens is 1. The van der Waals surface area contributed by atoms with E-state index in [1.807, 2.05) is 7.05 Å². The highest BCUT2D eigenvalue weighted by Crippen LogP contribution is 2.36. The van der Waals surface area contributed by atoms with Crippen LogP contribution in [0.4, 0.5) is 10.2 Å². The average Bonchev–Trinajstić information content (AvgIpc) is 3.18. The zero-order valence-corrected chi connectivity index (χ0v) is 18.5. The number of anilines is 1. The Balaban J connectivity index is 1.34. The molecule has 5 rings (SSSR count). The highest BCUT2D eigenvalue weighted by Gasteiger charge is 2.40. The Bertz CT molecular complexity index is 1220. The first-order valence-corrected chi connectivity index (χ1v) is 11.0. The van der Waals surface area contributed by atoms with Gasteiger partial charge in [-0.25, -0.2) is 14.1 Å². The maximum absolute atomic E-state index is 13.7. The third-order valence-corrected chi connectivity index (χ3v) is 6.80. The molecule has 2 aliphatic heterocycles. The fourth-order valence-electron chi connectivity index (χ4n) is 5.09. The second kappa shape index (κ2) is 8.08. The van der Waals surface area contributed by atoms with Gasteiger partial charge in [0, 0.05) is 30.7 Å². The molecule has 2 aliphatic rings. The van der Waals surface area contributed by atoms with E-state index in [0.717, 1.165) is 19.0 Å². The number of hydrogen-bond donors (Lipinski definition) is 2. The lowest BCUT2D eigenvalue weighted by Crippen LogP contribution is -2.61. The molecule has 33 heavy (non-hydrogen) atoms. The number of nitrogens with one attached hydrogen (secondary N) is 1. The van der Waals surface area contributed by atoms with Gasteiger partial charge in [0.1, 0.15) is 11.8 Å². The van der Waals surface area contributed by atoms with Crippen molar-refractivity contribution in [1.29, 1.82) is 5.26 Å². The first-order chi connectivity index (χ1) is 15.8. The largest absolute Gasteiger partial charge is 0.507 e. The van der Waals surface area contributed by atoms with Crippen LogP contribution in [-0.4, -0.2) is 54.7 Å². The molecule has 3 aromatic rings. The van der Waals surface area contributed by atoms with Crippen LogP contribution in [0, 0.1) is 17.1 Å². The molecule has 10 heteroatoms. The van der Waals surface area contributed by atoms with Crippen molar-refractivity contribution >= 4 is 5.82 Å². The van der Waals surface area contributed by atoms with Crippen molar-refractivity contribution in [2.45, 2.75) is 56.7 Å². The van der Waals surface area contributed by atoms with Gasteiger partial charge in [-0.3, -0.25) is 0 Å². The first kappa shape index (κ1) is 21.3. The van der Waals surface area contributed by atoms with Gasteiger partial charge >= 0.3 is 0 Å². The Kier molecular flexibility index (Phi) is 5.21. The second-order valence-electron chi connectivity index (χ2n) is 9.22. The van der Waals surface area contributed by atoms with Crippen LogP contribution in [0.5, 0.6) is 5.75 Å². The molecule has 1 aromatic carbocycles. The van der Waals surface area contributed by atoms with Crippen LogP contribution < -0.4 is 10.2 Å². The molecule has 2 aromatic heterocycles. The van der Waals surface area contributed by atoms with Crippen molar-refractivity contribution in [3.63, 3.8) is 0 Å².